The van der Waals surface area contributed by atoms with E-state index in [1.54, 1.807) is 11.3 Å². The van der Waals surface area contributed by atoms with Crippen molar-refractivity contribution in [3.05, 3.63) is 16.1 Å². The third-order valence-corrected chi connectivity index (χ3v) is 6.41. The second kappa shape index (κ2) is 6.46. The Morgan fingerprint density at radius 1 is 1.23 bits per heavy atom. The maximum absolute atomic E-state index is 12.9. The summed E-state index contributed by atoms with van der Waals surface area (Å²) in [6.07, 6.45) is 7.30. The minimum absolute atomic E-state index is 0. The van der Waals surface area contributed by atoms with Crippen LogP contribution in [0.2, 0.25) is 0 Å². The molecule has 2 saturated carbocycles. The summed E-state index contributed by atoms with van der Waals surface area (Å²) in [6, 6.07) is 0.466. The van der Waals surface area contributed by atoms with Gasteiger partial charge in [0, 0.05) is 24.4 Å². The number of carbonyl (C=O) groups excluding carboxylic acids is 1. The number of rotatable bonds is 3. The van der Waals surface area contributed by atoms with Crippen molar-refractivity contribution in [2.24, 2.45) is 23.5 Å². The number of carbonyl (C=O) groups is 1. The molecule has 2 aliphatic heterocycles. The largest absolute Gasteiger partial charge is 0.334 e. The molecule has 2 saturated heterocycles. The first-order valence-corrected chi connectivity index (χ1v) is 9.06. The minimum Gasteiger partial charge on any atom is -0.334 e. The van der Waals surface area contributed by atoms with E-state index >= 15 is 0 Å². The van der Waals surface area contributed by atoms with Crippen LogP contribution < -0.4 is 5.73 Å². The number of aromatic nitrogens is 1. The summed E-state index contributed by atoms with van der Waals surface area (Å²) in [5, 5.41) is 2.91. The van der Waals surface area contributed by atoms with E-state index in [0.29, 0.717) is 18.3 Å². The summed E-state index contributed by atoms with van der Waals surface area (Å²) in [6.45, 7) is 1.55. The highest BCUT2D eigenvalue weighted by molar-refractivity contribution is 7.09. The van der Waals surface area contributed by atoms with Gasteiger partial charge in [-0.1, -0.05) is 0 Å². The molecule has 122 valence electrons. The maximum Gasteiger partial charge on any atom is 0.273 e. The summed E-state index contributed by atoms with van der Waals surface area (Å²) in [5.74, 6) is 2.63. The topological polar surface area (TPSA) is 59.2 Å². The van der Waals surface area contributed by atoms with E-state index in [-0.39, 0.29) is 18.3 Å². The van der Waals surface area contributed by atoms with E-state index in [1.165, 1.54) is 32.1 Å². The van der Waals surface area contributed by atoms with Crippen molar-refractivity contribution in [1.29, 1.82) is 0 Å². The molecule has 2 unspecified atom stereocenters. The van der Waals surface area contributed by atoms with Gasteiger partial charge in [0.05, 0.1) is 5.01 Å². The third kappa shape index (κ3) is 2.91. The highest BCUT2D eigenvalue weighted by atomic mass is 35.5. The van der Waals surface area contributed by atoms with Crippen molar-refractivity contribution in [3.63, 3.8) is 0 Å². The van der Waals surface area contributed by atoms with Crippen LogP contribution in [0.3, 0.4) is 0 Å². The van der Waals surface area contributed by atoms with E-state index in [9.17, 15) is 4.79 Å². The van der Waals surface area contributed by atoms with Gasteiger partial charge in [0.25, 0.3) is 5.91 Å². The van der Waals surface area contributed by atoms with Crippen molar-refractivity contribution in [3.8, 4) is 0 Å². The molecule has 6 heteroatoms. The Morgan fingerprint density at radius 2 is 1.91 bits per heavy atom. The molecule has 1 aromatic heterocycles. The fourth-order valence-electron chi connectivity index (χ4n) is 4.83. The van der Waals surface area contributed by atoms with Crippen molar-refractivity contribution in [2.75, 3.05) is 13.1 Å². The van der Waals surface area contributed by atoms with Gasteiger partial charge in [0.15, 0.2) is 0 Å². The van der Waals surface area contributed by atoms with Gasteiger partial charge in [-0.15, -0.1) is 23.7 Å². The fourth-order valence-corrected chi connectivity index (χ4v) is 5.62. The first-order valence-electron chi connectivity index (χ1n) is 8.18. The lowest BCUT2D eigenvalue weighted by atomic mass is 9.68. The zero-order valence-electron chi connectivity index (χ0n) is 12.7. The predicted molar refractivity (Wildman–Crippen MR) is 90.5 cm³/mol. The van der Waals surface area contributed by atoms with Crippen LogP contribution in [0.5, 0.6) is 0 Å². The van der Waals surface area contributed by atoms with E-state index in [4.69, 9.17) is 5.73 Å². The Morgan fingerprint density at radius 3 is 2.59 bits per heavy atom. The molecule has 0 radical (unpaired) electrons. The Hall–Kier alpha value is -0.650. The number of thiazole rings is 1. The van der Waals surface area contributed by atoms with Gasteiger partial charge in [-0.05, 0) is 56.4 Å². The molecule has 2 aliphatic carbocycles. The molecule has 2 N–H and O–H groups in total. The molecule has 0 aromatic carbocycles. The molecular formula is C16H24ClN3OS. The van der Waals surface area contributed by atoms with Crippen molar-refractivity contribution in [2.45, 2.75) is 44.6 Å². The van der Waals surface area contributed by atoms with Gasteiger partial charge in [0.1, 0.15) is 5.69 Å². The molecule has 1 amide bonds. The van der Waals surface area contributed by atoms with Gasteiger partial charge in [-0.25, -0.2) is 4.98 Å². The highest BCUT2D eigenvalue weighted by Gasteiger charge is 2.44. The van der Waals surface area contributed by atoms with Crippen LogP contribution in [0.25, 0.3) is 0 Å². The molecular weight excluding hydrogens is 318 g/mol. The molecule has 0 spiro atoms. The number of halogens is 1. The number of nitrogens with two attached hydrogens (primary N) is 1. The summed E-state index contributed by atoms with van der Waals surface area (Å²) in [7, 11) is 0. The molecule has 4 nitrogen and oxygen atoms in total. The van der Waals surface area contributed by atoms with Crippen LogP contribution >= 0.6 is 23.7 Å². The van der Waals surface area contributed by atoms with E-state index in [0.717, 1.165) is 35.7 Å². The molecule has 2 atom stereocenters. The maximum atomic E-state index is 12.9. The number of amides is 1. The predicted octanol–water partition coefficient (Wildman–Crippen LogP) is 2.72. The minimum atomic E-state index is 0. The number of nitrogens with zero attached hydrogens (tertiary/aromatic N) is 2. The van der Waals surface area contributed by atoms with Crippen LogP contribution in [-0.4, -0.2) is 34.9 Å². The van der Waals surface area contributed by atoms with Gasteiger partial charge in [-0.2, -0.15) is 0 Å². The highest BCUT2D eigenvalue weighted by Crippen LogP contribution is 2.47. The third-order valence-electron chi connectivity index (χ3n) is 5.50. The first kappa shape index (κ1) is 16.2. The monoisotopic (exact) mass is 341 g/mol. The second-order valence-electron chi connectivity index (χ2n) is 7.05. The zero-order valence-corrected chi connectivity index (χ0v) is 14.4. The Bertz CT molecular complexity index is 535. The molecule has 1 aromatic rings. The number of hydrogen-bond acceptors (Lipinski definition) is 4. The standard InChI is InChI=1S/C16H23N3OS.ClH/c17-2-1-15-18-14(9-21-15)16(20)19-8-12-4-10-3-11(5-12)7-13(19)6-10;/h9-13H,1-8,17H2;1H. The van der Waals surface area contributed by atoms with Gasteiger partial charge < -0.3 is 10.6 Å². The Kier molecular flexibility index (Phi) is 4.76. The van der Waals surface area contributed by atoms with Crippen molar-refractivity contribution in [1.82, 2.24) is 9.88 Å². The smallest absolute Gasteiger partial charge is 0.273 e. The summed E-state index contributed by atoms with van der Waals surface area (Å²) in [4.78, 5) is 19.5. The van der Waals surface area contributed by atoms with Crippen molar-refractivity contribution < 1.29 is 4.79 Å². The lowest BCUT2D eigenvalue weighted by molar-refractivity contribution is 0.0627. The molecule has 3 heterocycles. The SMILES string of the molecule is Cl.NCCc1nc(C(=O)N2CC3CC4CC(C3)CC2C4)cs1. The van der Waals surface area contributed by atoms with Gasteiger partial charge >= 0.3 is 0 Å². The number of fused-ring (bicyclic) bond motifs is 1. The van der Waals surface area contributed by atoms with E-state index < -0.39 is 0 Å². The number of hydrogen-bond donors (Lipinski definition) is 1. The zero-order chi connectivity index (χ0) is 14.4. The Labute approximate surface area is 141 Å². The molecule has 5 rings (SSSR count). The van der Waals surface area contributed by atoms with Crippen LogP contribution in [0, 0.1) is 17.8 Å². The fraction of sp³-hybridized carbons (Fsp3) is 0.750. The van der Waals surface area contributed by atoms with Crippen LogP contribution in [-0.2, 0) is 6.42 Å². The average molecular weight is 342 g/mol. The van der Waals surface area contributed by atoms with Crippen LogP contribution in [0.4, 0.5) is 0 Å². The summed E-state index contributed by atoms with van der Waals surface area (Å²) < 4.78 is 0. The average Bonchev–Trinajstić information content (AvgIpc) is 2.83. The quantitative estimate of drug-likeness (QED) is 0.919. The van der Waals surface area contributed by atoms with Gasteiger partial charge in [0.2, 0.25) is 0 Å². The first-order chi connectivity index (χ1) is 10.2. The van der Waals surface area contributed by atoms with Crippen LogP contribution in [0.1, 0.15) is 47.6 Å². The summed E-state index contributed by atoms with van der Waals surface area (Å²) in [5.41, 5.74) is 6.21. The lowest BCUT2D eigenvalue weighted by Gasteiger charge is -2.38. The van der Waals surface area contributed by atoms with Gasteiger partial charge in [-0.3, -0.25) is 4.79 Å². The molecule has 4 aliphatic rings. The lowest BCUT2D eigenvalue weighted by Crippen LogP contribution is -2.42. The normalized spacial score (nSPS) is 32.7. The van der Waals surface area contributed by atoms with E-state index in [2.05, 4.69) is 9.88 Å². The molecule has 4 fully saturated rings. The van der Waals surface area contributed by atoms with Crippen molar-refractivity contribution >= 4 is 29.7 Å². The second-order valence-corrected chi connectivity index (χ2v) is 8.00. The summed E-state index contributed by atoms with van der Waals surface area (Å²) >= 11 is 1.57. The van der Waals surface area contributed by atoms with E-state index in [1.807, 2.05) is 5.38 Å². The Balaban J connectivity index is 0.00000144. The van der Waals surface area contributed by atoms with Crippen LogP contribution in [0.15, 0.2) is 5.38 Å². The molecule has 4 bridgehead atoms. The molecule has 22 heavy (non-hydrogen) atoms.